The fourth-order valence-electron chi connectivity index (χ4n) is 1.52. The molecule has 1 aromatic rings. The van der Waals surface area contributed by atoms with Gasteiger partial charge in [-0.2, -0.15) is 0 Å². The highest BCUT2D eigenvalue weighted by molar-refractivity contribution is 6.33. The lowest BCUT2D eigenvalue weighted by molar-refractivity contribution is 0.357. The number of fused-ring (bicyclic) bond motifs is 1. The minimum atomic E-state index is 0.766. The van der Waals surface area contributed by atoms with Crippen molar-refractivity contribution in [1.29, 1.82) is 0 Å². The van der Waals surface area contributed by atoms with Crippen LogP contribution in [0.2, 0.25) is 5.02 Å². The molecule has 0 bridgehead atoms. The third-order valence-electron chi connectivity index (χ3n) is 2.08. The van der Waals surface area contributed by atoms with Gasteiger partial charge in [0.15, 0.2) is 0 Å². The molecule has 0 fully saturated rings. The highest BCUT2D eigenvalue weighted by Crippen LogP contribution is 2.36. The Labute approximate surface area is 76.5 Å². The lowest BCUT2D eigenvalue weighted by Crippen LogP contribution is -1.93. The summed E-state index contributed by atoms with van der Waals surface area (Å²) in [5, 5.41) is 3.85. The van der Waals surface area contributed by atoms with Crippen molar-refractivity contribution in [3.63, 3.8) is 0 Å². The third kappa shape index (κ3) is 1.03. The van der Waals surface area contributed by atoms with E-state index in [0.717, 1.165) is 29.5 Å². The molecule has 12 heavy (non-hydrogen) atoms. The molecule has 0 unspecified atom stereocenters. The van der Waals surface area contributed by atoms with Crippen LogP contribution in [0.4, 0.5) is 5.69 Å². The number of benzene rings is 1. The van der Waals surface area contributed by atoms with Crippen LogP contribution in [-0.4, -0.2) is 13.7 Å². The second kappa shape index (κ2) is 2.87. The molecule has 1 N–H and O–H groups in total. The smallest absolute Gasteiger partial charge is 0.124 e. The SMILES string of the molecule is CNc1c(Cl)ccc2c1CCO2. The Bertz CT molecular complexity index is 312. The first-order chi connectivity index (χ1) is 5.83. The molecule has 0 atom stereocenters. The topological polar surface area (TPSA) is 21.3 Å². The van der Waals surface area contributed by atoms with E-state index in [-0.39, 0.29) is 0 Å². The number of hydrogen-bond acceptors (Lipinski definition) is 2. The zero-order chi connectivity index (χ0) is 8.55. The van der Waals surface area contributed by atoms with E-state index >= 15 is 0 Å². The van der Waals surface area contributed by atoms with Gasteiger partial charge in [0.25, 0.3) is 0 Å². The van der Waals surface area contributed by atoms with Crippen molar-refractivity contribution in [2.75, 3.05) is 19.0 Å². The van der Waals surface area contributed by atoms with Gasteiger partial charge in [0.1, 0.15) is 5.75 Å². The maximum absolute atomic E-state index is 5.99. The largest absolute Gasteiger partial charge is 0.493 e. The van der Waals surface area contributed by atoms with E-state index in [1.54, 1.807) is 0 Å². The van der Waals surface area contributed by atoms with Crippen LogP contribution in [0, 0.1) is 0 Å². The molecular weight excluding hydrogens is 174 g/mol. The zero-order valence-electron chi connectivity index (χ0n) is 6.86. The molecular formula is C9H10ClNO. The van der Waals surface area contributed by atoms with E-state index in [1.165, 1.54) is 5.56 Å². The Morgan fingerprint density at radius 3 is 3.08 bits per heavy atom. The van der Waals surface area contributed by atoms with Crippen LogP contribution >= 0.6 is 11.6 Å². The lowest BCUT2D eigenvalue weighted by Gasteiger charge is -2.07. The standard InChI is InChI=1S/C9H10ClNO/c1-11-9-6-4-5-12-8(6)3-2-7(9)10/h2-3,11H,4-5H2,1H3. The van der Waals surface area contributed by atoms with Gasteiger partial charge in [0.05, 0.1) is 17.3 Å². The Hall–Kier alpha value is -0.890. The van der Waals surface area contributed by atoms with Crippen molar-refractivity contribution >= 4 is 17.3 Å². The number of nitrogens with one attached hydrogen (secondary N) is 1. The molecule has 1 aliphatic rings. The summed E-state index contributed by atoms with van der Waals surface area (Å²) in [6.07, 6.45) is 0.950. The zero-order valence-corrected chi connectivity index (χ0v) is 7.61. The van der Waals surface area contributed by atoms with E-state index in [1.807, 2.05) is 19.2 Å². The van der Waals surface area contributed by atoms with Crippen LogP contribution in [0.1, 0.15) is 5.56 Å². The maximum Gasteiger partial charge on any atom is 0.124 e. The van der Waals surface area contributed by atoms with Gasteiger partial charge >= 0.3 is 0 Å². The summed E-state index contributed by atoms with van der Waals surface area (Å²) >= 11 is 5.99. The van der Waals surface area contributed by atoms with Crippen molar-refractivity contribution in [3.8, 4) is 5.75 Å². The quantitative estimate of drug-likeness (QED) is 0.722. The first-order valence-electron chi connectivity index (χ1n) is 3.95. The van der Waals surface area contributed by atoms with Gasteiger partial charge in [-0.3, -0.25) is 0 Å². The Balaban J connectivity index is 2.57. The van der Waals surface area contributed by atoms with E-state index in [0.29, 0.717) is 0 Å². The van der Waals surface area contributed by atoms with Crippen molar-refractivity contribution < 1.29 is 4.74 Å². The minimum Gasteiger partial charge on any atom is -0.493 e. The normalized spacial score (nSPS) is 13.8. The number of halogens is 1. The highest BCUT2D eigenvalue weighted by Gasteiger charge is 2.17. The molecule has 0 saturated carbocycles. The van der Waals surface area contributed by atoms with Gasteiger partial charge in [-0.05, 0) is 12.1 Å². The first kappa shape index (κ1) is 7.74. The molecule has 0 amide bonds. The second-order valence-electron chi connectivity index (χ2n) is 2.75. The van der Waals surface area contributed by atoms with E-state index < -0.39 is 0 Å². The summed E-state index contributed by atoms with van der Waals surface area (Å²) in [4.78, 5) is 0. The van der Waals surface area contributed by atoms with Crippen LogP contribution in [0.15, 0.2) is 12.1 Å². The predicted molar refractivity (Wildman–Crippen MR) is 50.2 cm³/mol. The molecule has 2 nitrogen and oxygen atoms in total. The van der Waals surface area contributed by atoms with Crippen molar-refractivity contribution in [1.82, 2.24) is 0 Å². The molecule has 0 aromatic heterocycles. The molecule has 64 valence electrons. The van der Waals surface area contributed by atoms with Gasteiger partial charge in [0.2, 0.25) is 0 Å². The molecule has 1 heterocycles. The van der Waals surface area contributed by atoms with Crippen molar-refractivity contribution in [3.05, 3.63) is 22.7 Å². The Morgan fingerprint density at radius 1 is 1.50 bits per heavy atom. The first-order valence-corrected chi connectivity index (χ1v) is 4.32. The summed E-state index contributed by atoms with van der Waals surface area (Å²) < 4.78 is 5.40. The van der Waals surface area contributed by atoms with Gasteiger partial charge in [-0.25, -0.2) is 0 Å². The van der Waals surface area contributed by atoms with Crippen LogP contribution in [0.5, 0.6) is 5.75 Å². The third-order valence-corrected chi connectivity index (χ3v) is 2.39. The number of rotatable bonds is 1. The van der Waals surface area contributed by atoms with Crippen LogP contribution in [0.25, 0.3) is 0 Å². The van der Waals surface area contributed by atoms with Gasteiger partial charge < -0.3 is 10.1 Å². The highest BCUT2D eigenvalue weighted by atomic mass is 35.5. The van der Waals surface area contributed by atoms with Crippen molar-refractivity contribution in [2.45, 2.75) is 6.42 Å². The van der Waals surface area contributed by atoms with E-state index in [9.17, 15) is 0 Å². The van der Waals surface area contributed by atoms with Gasteiger partial charge in [0, 0.05) is 19.0 Å². The Morgan fingerprint density at radius 2 is 2.33 bits per heavy atom. The molecule has 1 aromatic carbocycles. The number of ether oxygens (including phenoxy) is 1. The predicted octanol–water partition coefficient (Wildman–Crippen LogP) is 2.32. The van der Waals surface area contributed by atoms with Crippen LogP contribution in [0.3, 0.4) is 0 Å². The Kier molecular flexibility index (Phi) is 1.85. The summed E-state index contributed by atoms with van der Waals surface area (Å²) in [5.41, 5.74) is 2.21. The monoisotopic (exact) mass is 183 g/mol. The fraction of sp³-hybridized carbons (Fsp3) is 0.333. The molecule has 1 aliphatic heterocycles. The van der Waals surface area contributed by atoms with Crippen molar-refractivity contribution in [2.24, 2.45) is 0 Å². The molecule has 0 radical (unpaired) electrons. The molecule has 0 saturated heterocycles. The van der Waals surface area contributed by atoms with Crippen LogP contribution < -0.4 is 10.1 Å². The summed E-state index contributed by atoms with van der Waals surface area (Å²) in [5.74, 6) is 0.962. The molecule has 0 aliphatic carbocycles. The molecule has 0 spiro atoms. The van der Waals surface area contributed by atoms with E-state index in [2.05, 4.69) is 5.32 Å². The number of anilines is 1. The van der Waals surface area contributed by atoms with Gasteiger partial charge in [-0.1, -0.05) is 11.6 Å². The maximum atomic E-state index is 5.99. The van der Waals surface area contributed by atoms with Gasteiger partial charge in [-0.15, -0.1) is 0 Å². The molecule has 2 rings (SSSR count). The number of hydrogen-bond donors (Lipinski definition) is 1. The summed E-state index contributed by atoms with van der Waals surface area (Å²) in [6.45, 7) is 0.768. The fourth-order valence-corrected chi connectivity index (χ4v) is 1.79. The summed E-state index contributed by atoms with van der Waals surface area (Å²) in [7, 11) is 1.87. The minimum absolute atomic E-state index is 0.766. The second-order valence-corrected chi connectivity index (χ2v) is 3.15. The lowest BCUT2D eigenvalue weighted by atomic mass is 10.1. The molecule has 3 heteroatoms. The van der Waals surface area contributed by atoms with E-state index in [4.69, 9.17) is 16.3 Å². The van der Waals surface area contributed by atoms with Crippen LogP contribution in [-0.2, 0) is 6.42 Å². The average molecular weight is 184 g/mol. The average Bonchev–Trinajstić information content (AvgIpc) is 2.52. The summed E-state index contributed by atoms with van der Waals surface area (Å²) in [6, 6.07) is 3.78.